The fourth-order valence-corrected chi connectivity index (χ4v) is 4.21. The molecule has 0 fully saturated rings. The zero-order valence-electron chi connectivity index (χ0n) is 18.8. The van der Waals surface area contributed by atoms with Gasteiger partial charge in [0.25, 0.3) is 0 Å². The molecule has 3 aromatic carbocycles. The Hall–Kier alpha value is -1.71. The fraction of sp³-hybridized carbons (Fsp3) is 0.240. The van der Waals surface area contributed by atoms with E-state index in [4.69, 9.17) is 27.9 Å². The van der Waals surface area contributed by atoms with E-state index in [1.54, 1.807) is 30.3 Å². The molecule has 0 saturated carbocycles. The molecule has 0 heterocycles. The maximum absolute atomic E-state index is 13.6. The van der Waals surface area contributed by atoms with Crippen LogP contribution in [0.1, 0.15) is 35.4 Å². The van der Waals surface area contributed by atoms with Gasteiger partial charge in [-0.15, -0.1) is 0 Å². The van der Waals surface area contributed by atoms with Gasteiger partial charge >= 0.3 is 29.6 Å². The van der Waals surface area contributed by atoms with Crippen molar-refractivity contribution in [3.05, 3.63) is 99.0 Å². The SMILES string of the molecule is O=C([O-])C[C@H](O)CC(O)COc1c(Cl)cc(Cl)cc1C(c1ccc(F)cc1)c1ccc(F)cc1.[Na+]. The summed E-state index contributed by atoms with van der Waals surface area (Å²) in [5, 5.41) is 31.0. The minimum absolute atomic E-state index is 0. The second-order valence-corrected chi connectivity index (χ2v) is 8.62. The van der Waals surface area contributed by atoms with Crippen molar-refractivity contribution in [2.75, 3.05) is 6.61 Å². The van der Waals surface area contributed by atoms with Crippen molar-refractivity contribution in [2.45, 2.75) is 31.0 Å². The Morgan fingerprint density at radius 2 is 1.43 bits per heavy atom. The Labute approximate surface area is 233 Å². The smallest absolute Gasteiger partial charge is 0.550 e. The molecule has 1 unspecified atom stereocenters. The molecule has 0 aliphatic carbocycles. The number of carbonyl (C=O) groups is 1. The number of carbonyl (C=O) groups excluding carboxylic acids is 1. The molecule has 0 bridgehead atoms. The van der Waals surface area contributed by atoms with Crippen LogP contribution < -0.4 is 39.4 Å². The molecule has 0 aliphatic rings. The zero-order chi connectivity index (χ0) is 24.8. The summed E-state index contributed by atoms with van der Waals surface area (Å²) in [4.78, 5) is 10.6. The van der Waals surface area contributed by atoms with Gasteiger partial charge in [-0.2, -0.15) is 0 Å². The quantitative estimate of drug-likeness (QED) is 0.301. The van der Waals surface area contributed by atoms with Crippen LogP contribution in [0.15, 0.2) is 60.7 Å². The second-order valence-electron chi connectivity index (χ2n) is 7.77. The first-order chi connectivity index (χ1) is 16.1. The van der Waals surface area contributed by atoms with E-state index in [1.165, 1.54) is 30.3 Å². The molecule has 2 N–H and O–H groups in total. The van der Waals surface area contributed by atoms with Gasteiger partial charge in [0.1, 0.15) is 24.0 Å². The number of aliphatic carboxylic acids is 1. The van der Waals surface area contributed by atoms with E-state index in [-0.39, 0.29) is 53.4 Å². The number of halogens is 4. The van der Waals surface area contributed by atoms with Gasteiger partial charge in [-0.25, -0.2) is 8.78 Å². The summed E-state index contributed by atoms with van der Waals surface area (Å²) in [6.45, 7) is -0.308. The van der Waals surface area contributed by atoms with Crippen molar-refractivity contribution >= 4 is 29.2 Å². The standard InChI is InChI=1S/C25H22Cl2F2O5.Na/c26-16-9-21(25(22(27)10-16)34-13-20(31)11-19(30)12-23(32)33)24(14-1-5-17(28)6-2-14)15-3-7-18(29)8-4-15;/h1-10,19-20,24,30-31H,11-13H2,(H,32,33);/q;+1/p-1/t19-,20?;/m1./s1. The third kappa shape index (κ3) is 8.43. The van der Waals surface area contributed by atoms with Crippen LogP contribution in [-0.2, 0) is 4.79 Å². The van der Waals surface area contributed by atoms with Crippen molar-refractivity contribution in [3.8, 4) is 5.75 Å². The molecular formula is C25H21Cl2F2NaO5. The first-order valence-electron chi connectivity index (χ1n) is 10.3. The number of carboxylic acids is 1. The number of hydrogen-bond donors (Lipinski definition) is 2. The number of aliphatic hydroxyl groups excluding tert-OH is 2. The first-order valence-corrected chi connectivity index (χ1v) is 11.1. The normalized spacial score (nSPS) is 12.7. The predicted octanol–water partition coefficient (Wildman–Crippen LogP) is 1.09. The number of ether oxygens (including phenoxy) is 1. The van der Waals surface area contributed by atoms with Crippen molar-refractivity contribution in [3.63, 3.8) is 0 Å². The second kappa shape index (κ2) is 13.6. The number of aliphatic hydroxyl groups is 2. The number of hydrogen-bond acceptors (Lipinski definition) is 5. The van der Waals surface area contributed by atoms with Crippen molar-refractivity contribution in [1.29, 1.82) is 0 Å². The molecule has 3 aromatic rings. The Morgan fingerprint density at radius 3 is 1.91 bits per heavy atom. The molecular weight excluding hydrogens is 512 g/mol. The molecule has 0 aromatic heterocycles. The Morgan fingerprint density at radius 1 is 0.914 bits per heavy atom. The van der Waals surface area contributed by atoms with Gasteiger partial charge in [-0.1, -0.05) is 47.5 Å². The molecule has 0 spiro atoms. The van der Waals surface area contributed by atoms with Crippen LogP contribution in [0.3, 0.4) is 0 Å². The Balaban J connectivity index is 0.00000432. The summed E-state index contributed by atoms with van der Waals surface area (Å²) < 4.78 is 33.0. The van der Waals surface area contributed by atoms with Crippen molar-refractivity contribution in [1.82, 2.24) is 0 Å². The maximum atomic E-state index is 13.6. The van der Waals surface area contributed by atoms with Gasteiger partial charge in [0, 0.05) is 35.3 Å². The van der Waals surface area contributed by atoms with Crippen molar-refractivity contribution < 1.29 is 63.2 Å². The van der Waals surface area contributed by atoms with Crippen molar-refractivity contribution in [2.24, 2.45) is 0 Å². The molecule has 5 nitrogen and oxygen atoms in total. The Kier molecular flexibility index (Phi) is 11.4. The third-order valence-electron chi connectivity index (χ3n) is 5.12. The van der Waals surface area contributed by atoms with Crippen LogP contribution >= 0.6 is 23.2 Å². The Bertz CT molecular complexity index is 1080. The van der Waals surface area contributed by atoms with Gasteiger partial charge in [0.15, 0.2) is 0 Å². The van der Waals surface area contributed by atoms with E-state index in [9.17, 15) is 28.9 Å². The van der Waals surface area contributed by atoms with Gasteiger partial charge in [0.05, 0.1) is 17.2 Å². The number of benzene rings is 3. The van der Waals surface area contributed by atoms with Gasteiger partial charge in [0.2, 0.25) is 0 Å². The summed E-state index contributed by atoms with van der Waals surface area (Å²) in [5.74, 6) is -2.70. The summed E-state index contributed by atoms with van der Waals surface area (Å²) in [5.41, 5.74) is 1.79. The van der Waals surface area contributed by atoms with Gasteiger partial charge in [-0.3, -0.25) is 0 Å². The molecule has 35 heavy (non-hydrogen) atoms. The molecule has 3 rings (SSSR count). The van der Waals surface area contributed by atoms with E-state index >= 15 is 0 Å². The predicted molar refractivity (Wildman–Crippen MR) is 122 cm³/mol. The largest absolute Gasteiger partial charge is 1.00 e. The van der Waals surface area contributed by atoms with E-state index in [0.717, 1.165) is 0 Å². The molecule has 2 atom stereocenters. The molecule has 0 amide bonds. The third-order valence-corrected chi connectivity index (χ3v) is 5.62. The molecule has 10 heteroatoms. The summed E-state index contributed by atoms with van der Waals surface area (Å²) >= 11 is 12.7. The zero-order valence-corrected chi connectivity index (χ0v) is 22.3. The van der Waals surface area contributed by atoms with Gasteiger partial charge < -0.3 is 24.9 Å². The number of rotatable bonds is 10. The maximum Gasteiger partial charge on any atom is 1.00 e. The summed E-state index contributed by atoms with van der Waals surface area (Å²) in [6.07, 6.45) is -3.39. The van der Waals surface area contributed by atoms with E-state index in [2.05, 4.69) is 0 Å². The van der Waals surface area contributed by atoms with Crippen LogP contribution in [-0.4, -0.2) is 35.0 Å². The number of carboxylic acid groups (broad SMARTS) is 1. The molecule has 0 saturated heterocycles. The fourth-order valence-electron chi connectivity index (χ4n) is 3.65. The van der Waals surface area contributed by atoms with E-state index in [0.29, 0.717) is 21.7 Å². The molecule has 0 aliphatic heterocycles. The minimum atomic E-state index is -1.44. The molecule has 180 valence electrons. The minimum Gasteiger partial charge on any atom is -0.550 e. The van der Waals surface area contributed by atoms with Crippen LogP contribution in [0.2, 0.25) is 10.0 Å². The topological polar surface area (TPSA) is 89.8 Å². The monoisotopic (exact) mass is 532 g/mol. The van der Waals surface area contributed by atoms with E-state index < -0.39 is 42.2 Å². The summed E-state index contributed by atoms with van der Waals surface area (Å²) in [7, 11) is 0. The summed E-state index contributed by atoms with van der Waals surface area (Å²) in [6, 6.07) is 14.5. The van der Waals surface area contributed by atoms with Crippen LogP contribution in [0.5, 0.6) is 5.75 Å². The van der Waals surface area contributed by atoms with Crippen LogP contribution in [0.25, 0.3) is 0 Å². The van der Waals surface area contributed by atoms with Crippen LogP contribution in [0.4, 0.5) is 8.78 Å². The van der Waals surface area contributed by atoms with Crippen LogP contribution in [0, 0.1) is 11.6 Å². The molecule has 0 radical (unpaired) electrons. The average molecular weight is 533 g/mol. The van der Waals surface area contributed by atoms with Gasteiger partial charge in [-0.05, 0) is 47.5 Å². The van der Waals surface area contributed by atoms with E-state index in [1.807, 2.05) is 0 Å². The first kappa shape index (κ1) is 29.5. The average Bonchev–Trinajstić information content (AvgIpc) is 2.75.